The third-order valence-electron chi connectivity index (χ3n) is 8.93. The number of hydrogen-bond donors (Lipinski definition) is 2. The molecule has 1 aromatic heterocycles. The second kappa shape index (κ2) is 11.6. The fraction of sp³-hybridized carbons (Fsp3) is 0.216. The maximum absolute atomic E-state index is 14.4. The average Bonchev–Trinajstić information content (AvgIpc) is 3.57. The quantitative estimate of drug-likeness (QED) is 0.202. The number of H-pyrrole nitrogens is 1. The van der Waals surface area contributed by atoms with Crippen molar-refractivity contribution in [2.24, 2.45) is 0 Å². The first-order valence-corrected chi connectivity index (χ1v) is 15.3. The molecule has 3 heterocycles. The van der Waals surface area contributed by atoms with Gasteiger partial charge in [0.05, 0.1) is 18.4 Å². The number of methoxy groups -OCH3 is 1. The summed E-state index contributed by atoms with van der Waals surface area (Å²) in [4.78, 5) is 48.7. The fourth-order valence-electron chi connectivity index (χ4n) is 6.72. The first-order valence-electron chi connectivity index (χ1n) is 15.3. The Morgan fingerprint density at radius 3 is 2.53 bits per heavy atom. The fourth-order valence-corrected chi connectivity index (χ4v) is 6.72. The van der Waals surface area contributed by atoms with Crippen molar-refractivity contribution in [2.75, 3.05) is 12.0 Å². The van der Waals surface area contributed by atoms with Crippen LogP contribution in [-0.4, -0.2) is 46.9 Å². The lowest BCUT2D eigenvalue weighted by Gasteiger charge is -2.36. The summed E-state index contributed by atoms with van der Waals surface area (Å²) in [6.45, 7) is 1.96. The zero-order valence-electron chi connectivity index (χ0n) is 25.2. The van der Waals surface area contributed by atoms with E-state index in [4.69, 9.17) is 4.74 Å². The van der Waals surface area contributed by atoms with Crippen LogP contribution in [0.25, 0.3) is 10.9 Å². The molecule has 5 aromatic rings. The molecule has 0 saturated carbocycles. The van der Waals surface area contributed by atoms with Crippen LogP contribution in [0.4, 0.5) is 10.5 Å². The van der Waals surface area contributed by atoms with Gasteiger partial charge in [0, 0.05) is 29.1 Å². The molecule has 7 rings (SSSR count). The zero-order chi connectivity index (χ0) is 31.1. The van der Waals surface area contributed by atoms with Gasteiger partial charge in [0.1, 0.15) is 17.8 Å². The monoisotopic (exact) mass is 598 g/mol. The summed E-state index contributed by atoms with van der Waals surface area (Å²) in [6, 6.07) is 30.7. The zero-order valence-corrected chi connectivity index (χ0v) is 25.2. The Morgan fingerprint density at radius 1 is 0.956 bits per heavy atom. The van der Waals surface area contributed by atoms with Gasteiger partial charge < -0.3 is 15.0 Å². The predicted molar refractivity (Wildman–Crippen MR) is 173 cm³/mol. The summed E-state index contributed by atoms with van der Waals surface area (Å²) in [5.74, 6) is -0.0103. The largest absolute Gasteiger partial charge is 0.497 e. The Bertz CT molecular complexity index is 1920. The number of carbonyl (C=O) groups is 3. The molecule has 1 fully saturated rings. The predicted octanol–water partition coefficient (Wildman–Crippen LogP) is 6.41. The maximum Gasteiger partial charge on any atom is 0.332 e. The molecule has 0 aliphatic carbocycles. The van der Waals surface area contributed by atoms with E-state index in [9.17, 15) is 14.4 Å². The molecule has 3 unspecified atom stereocenters. The number of fused-ring (bicyclic) bond motifs is 4. The lowest BCUT2D eigenvalue weighted by Crippen LogP contribution is -2.44. The van der Waals surface area contributed by atoms with Gasteiger partial charge in [-0.05, 0) is 66.8 Å². The SMILES string of the molecule is COc1cccc(C2c3[nH]c4ccccc4c3CC3C(=O)N(c4ccccc4C(=O)NC(C)CCc4ccccc4)C(=O)N32)c1. The number of hydrogen-bond acceptors (Lipinski definition) is 4. The molecule has 2 aliphatic rings. The molecular formula is C37H34N4O4. The number of anilines is 1. The number of aromatic amines is 1. The molecule has 0 bridgehead atoms. The van der Waals surface area contributed by atoms with Crippen molar-refractivity contribution < 1.29 is 19.1 Å². The number of nitrogens with zero attached hydrogens (tertiary/aromatic N) is 2. The van der Waals surface area contributed by atoms with Crippen molar-refractivity contribution in [2.45, 2.75) is 44.3 Å². The molecule has 8 nitrogen and oxygen atoms in total. The molecule has 0 spiro atoms. The number of aryl methyl sites for hydroxylation is 1. The van der Waals surface area contributed by atoms with Gasteiger partial charge in [-0.15, -0.1) is 0 Å². The Kier molecular flexibility index (Phi) is 7.33. The Balaban J connectivity index is 1.23. The molecule has 3 atom stereocenters. The number of benzene rings is 4. The van der Waals surface area contributed by atoms with Crippen molar-refractivity contribution in [1.82, 2.24) is 15.2 Å². The number of rotatable bonds is 8. The van der Waals surface area contributed by atoms with E-state index >= 15 is 0 Å². The summed E-state index contributed by atoms with van der Waals surface area (Å²) in [5.41, 5.74) is 5.44. The van der Waals surface area contributed by atoms with E-state index in [-0.39, 0.29) is 29.1 Å². The van der Waals surface area contributed by atoms with Crippen LogP contribution >= 0.6 is 0 Å². The Hall–Kier alpha value is -5.37. The normalized spacial score (nSPS) is 18.1. The third kappa shape index (κ3) is 5.02. The van der Waals surface area contributed by atoms with Crippen LogP contribution in [0.5, 0.6) is 5.75 Å². The van der Waals surface area contributed by atoms with E-state index in [1.807, 2.05) is 73.7 Å². The molecule has 45 heavy (non-hydrogen) atoms. The number of para-hydroxylation sites is 2. The summed E-state index contributed by atoms with van der Waals surface area (Å²) in [5, 5.41) is 4.11. The van der Waals surface area contributed by atoms with E-state index < -0.39 is 18.1 Å². The number of nitrogens with one attached hydrogen (secondary N) is 2. The average molecular weight is 599 g/mol. The second-order valence-corrected chi connectivity index (χ2v) is 11.7. The highest BCUT2D eigenvalue weighted by Crippen LogP contribution is 2.45. The van der Waals surface area contributed by atoms with Crippen molar-refractivity contribution in [3.8, 4) is 5.75 Å². The minimum absolute atomic E-state index is 0.113. The van der Waals surface area contributed by atoms with E-state index in [1.165, 1.54) is 10.5 Å². The van der Waals surface area contributed by atoms with Crippen LogP contribution in [0.3, 0.4) is 0 Å². The molecule has 2 N–H and O–H groups in total. The Labute approximate surface area is 261 Å². The van der Waals surface area contributed by atoms with Gasteiger partial charge in [-0.25, -0.2) is 9.69 Å². The van der Waals surface area contributed by atoms with Crippen LogP contribution in [0.2, 0.25) is 0 Å². The number of imide groups is 1. The van der Waals surface area contributed by atoms with Crippen LogP contribution in [0, 0.1) is 0 Å². The Morgan fingerprint density at radius 2 is 1.71 bits per heavy atom. The highest BCUT2D eigenvalue weighted by Gasteiger charge is 2.53. The lowest BCUT2D eigenvalue weighted by atomic mass is 9.89. The van der Waals surface area contributed by atoms with Gasteiger partial charge >= 0.3 is 6.03 Å². The van der Waals surface area contributed by atoms with Crippen LogP contribution < -0.4 is 15.0 Å². The van der Waals surface area contributed by atoms with Gasteiger partial charge in [-0.2, -0.15) is 0 Å². The topological polar surface area (TPSA) is 94.7 Å². The van der Waals surface area contributed by atoms with Crippen molar-refractivity contribution in [3.05, 3.63) is 131 Å². The van der Waals surface area contributed by atoms with Gasteiger partial charge in [0.2, 0.25) is 0 Å². The lowest BCUT2D eigenvalue weighted by molar-refractivity contribution is -0.120. The third-order valence-corrected chi connectivity index (χ3v) is 8.93. The van der Waals surface area contributed by atoms with Gasteiger partial charge in [-0.3, -0.25) is 14.5 Å². The van der Waals surface area contributed by atoms with Crippen molar-refractivity contribution in [1.29, 1.82) is 0 Å². The molecule has 1 saturated heterocycles. The summed E-state index contributed by atoms with van der Waals surface area (Å²) >= 11 is 0. The summed E-state index contributed by atoms with van der Waals surface area (Å²) in [6.07, 6.45) is 1.94. The molecule has 0 radical (unpaired) electrons. The van der Waals surface area contributed by atoms with E-state index in [0.717, 1.165) is 40.6 Å². The highest BCUT2D eigenvalue weighted by molar-refractivity contribution is 6.24. The van der Waals surface area contributed by atoms with Gasteiger partial charge in [-0.1, -0.05) is 72.8 Å². The molecule has 4 amide bonds. The number of amides is 4. The number of carbonyl (C=O) groups excluding carboxylic acids is 3. The number of ether oxygens (including phenoxy) is 1. The number of aromatic nitrogens is 1. The number of urea groups is 1. The first kappa shape index (κ1) is 28.4. The standard InChI is InChI=1S/C37H34N4O4/c1-23(19-20-24-11-4-3-5-12-24)38-35(42)28-16-7-9-18-31(28)41-36(43)32-22-29-27-15-6-8-17-30(27)39-33(29)34(40(32)37(41)44)25-13-10-14-26(21-25)45-2/h3-18,21,23,32,34,39H,19-20,22H2,1-2H3,(H,38,42). The smallest absolute Gasteiger partial charge is 0.332 e. The van der Waals surface area contributed by atoms with E-state index in [2.05, 4.69) is 22.4 Å². The molecular weight excluding hydrogens is 564 g/mol. The molecule has 8 heteroatoms. The van der Waals surface area contributed by atoms with E-state index in [1.54, 1.807) is 36.3 Å². The second-order valence-electron chi connectivity index (χ2n) is 11.7. The highest BCUT2D eigenvalue weighted by atomic mass is 16.5. The van der Waals surface area contributed by atoms with Crippen LogP contribution in [-0.2, 0) is 17.6 Å². The minimum atomic E-state index is -0.735. The van der Waals surface area contributed by atoms with Gasteiger partial charge in [0.15, 0.2) is 0 Å². The van der Waals surface area contributed by atoms with Gasteiger partial charge in [0.25, 0.3) is 11.8 Å². The minimum Gasteiger partial charge on any atom is -0.497 e. The van der Waals surface area contributed by atoms with E-state index in [0.29, 0.717) is 12.2 Å². The molecule has 4 aromatic carbocycles. The van der Waals surface area contributed by atoms with Crippen molar-refractivity contribution in [3.63, 3.8) is 0 Å². The van der Waals surface area contributed by atoms with Crippen LogP contribution in [0.1, 0.15) is 52.1 Å². The first-order chi connectivity index (χ1) is 21.9. The summed E-state index contributed by atoms with van der Waals surface area (Å²) in [7, 11) is 1.61. The maximum atomic E-state index is 14.4. The summed E-state index contributed by atoms with van der Waals surface area (Å²) < 4.78 is 5.52. The molecule has 226 valence electrons. The van der Waals surface area contributed by atoms with Crippen LogP contribution in [0.15, 0.2) is 103 Å². The van der Waals surface area contributed by atoms with Crippen molar-refractivity contribution >= 4 is 34.4 Å². The molecule has 2 aliphatic heterocycles.